The Kier molecular flexibility index (Phi) is 4.39. The number of aromatic nitrogens is 1. The number of carbonyl (C=O) groups excluding carboxylic acids is 1. The van der Waals surface area contributed by atoms with Crippen LogP contribution in [0.1, 0.15) is 18.2 Å². The number of alkyl halides is 3. The summed E-state index contributed by atoms with van der Waals surface area (Å²) in [5, 5.41) is 8.82. The molecule has 1 atom stereocenters. The third-order valence-corrected chi connectivity index (χ3v) is 2.85. The molecule has 0 fully saturated rings. The molecule has 1 heterocycles. The summed E-state index contributed by atoms with van der Waals surface area (Å²) in [7, 11) is 0. The Balaban J connectivity index is 2.02. The fraction of sp³-hybridized carbons (Fsp3) is 0.286. The van der Waals surface area contributed by atoms with E-state index in [1.54, 1.807) is 6.92 Å². The number of hydrogen-bond donors (Lipinski definition) is 2. The molecule has 0 aliphatic rings. The highest BCUT2D eigenvalue weighted by Gasteiger charge is 2.30. The largest absolute Gasteiger partial charge is 0.416 e. The summed E-state index contributed by atoms with van der Waals surface area (Å²) in [5.41, 5.74) is -0.578. The summed E-state index contributed by atoms with van der Waals surface area (Å²) >= 11 is 0. The summed E-state index contributed by atoms with van der Waals surface area (Å²) < 4.78 is 42.7. The fourth-order valence-electron chi connectivity index (χ4n) is 1.76. The molecule has 0 saturated carbocycles. The van der Waals surface area contributed by atoms with E-state index in [1.165, 1.54) is 25.1 Å². The maximum atomic E-state index is 12.6. The molecular formula is C14H14F3N3O2. The van der Waals surface area contributed by atoms with Gasteiger partial charge in [0.1, 0.15) is 11.8 Å². The molecular weight excluding hydrogens is 299 g/mol. The monoisotopic (exact) mass is 313 g/mol. The van der Waals surface area contributed by atoms with E-state index in [9.17, 15) is 18.0 Å². The van der Waals surface area contributed by atoms with Crippen LogP contribution in [0.3, 0.4) is 0 Å². The minimum absolute atomic E-state index is 0.203. The standard InChI is InChI=1S/C14H14F3N3O2/c1-8-6-12(20-22-8)19-13(21)9(2)18-11-5-3-4-10(7-11)14(15,16)17/h3-7,9,18H,1-2H3,(H,19,20,21). The lowest BCUT2D eigenvalue weighted by molar-refractivity contribution is -0.137. The molecule has 1 unspecified atom stereocenters. The Bertz CT molecular complexity index is 667. The Hall–Kier alpha value is -2.51. The van der Waals surface area contributed by atoms with E-state index in [2.05, 4.69) is 15.8 Å². The van der Waals surface area contributed by atoms with Crippen LogP contribution in [-0.4, -0.2) is 17.1 Å². The first kappa shape index (κ1) is 15.9. The molecule has 2 N–H and O–H groups in total. The predicted octanol–water partition coefficient (Wildman–Crippen LogP) is 3.44. The van der Waals surface area contributed by atoms with Crippen LogP contribution in [0.5, 0.6) is 0 Å². The average molecular weight is 313 g/mol. The number of amides is 1. The number of nitrogens with zero attached hydrogens (tertiary/aromatic N) is 1. The van der Waals surface area contributed by atoms with Gasteiger partial charge in [-0.25, -0.2) is 0 Å². The molecule has 5 nitrogen and oxygen atoms in total. The zero-order chi connectivity index (χ0) is 16.3. The SMILES string of the molecule is Cc1cc(NC(=O)C(C)Nc2cccc(C(F)(F)F)c2)no1. The van der Waals surface area contributed by atoms with E-state index in [0.717, 1.165) is 12.1 Å². The minimum Gasteiger partial charge on any atom is -0.374 e. The number of rotatable bonds is 4. The van der Waals surface area contributed by atoms with Gasteiger partial charge >= 0.3 is 6.18 Å². The van der Waals surface area contributed by atoms with Gasteiger partial charge in [0, 0.05) is 11.8 Å². The molecule has 1 amide bonds. The van der Waals surface area contributed by atoms with E-state index in [4.69, 9.17) is 4.52 Å². The number of benzene rings is 1. The first-order valence-corrected chi connectivity index (χ1v) is 6.43. The highest BCUT2D eigenvalue weighted by molar-refractivity contribution is 5.95. The summed E-state index contributed by atoms with van der Waals surface area (Å²) in [6.45, 7) is 3.20. The summed E-state index contributed by atoms with van der Waals surface area (Å²) in [5.74, 6) is 0.347. The summed E-state index contributed by atoms with van der Waals surface area (Å²) in [6, 6.07) is 5.43. The van der Waals surface area contributed by atoms with Gasteiger partial charge in [0.05, 0.1) is 5.56 Å². The molecule has 0 spiro atoms. The Labute approximate surface area is 124 Å². The van der Waals surface area contributed by atoms with Crippen molar-refractivity contribution in [3.05, 3.63) is 41.7 Å². The van der Waals surface area contributed by atoms with Crippen molar-refractivity contribution in [2.45, 2.75) is 26.1 Å². The van der Waals surface area contributed by atoms with Crippen molar-refractivity contribution in [3.63, 3.8) is 0 Å². The molecule has 0 aliphatic heterocycles. The van der Waals surface area contributed by atoms with Crippen LogP contribution < -0.4 is 10.6 Å². The zero-order valence-corrected chi connectivity index (χ0v) is 11.9. The van der Waals surface area contributed by atoms with Gasteiger partial charge in [-0.05, 0) is 32.0 Å². The van der Waals surface area contributed by atoms with E-state index in [-0.39, 0.29) is 11.5 Å². The van der Waals surface area contributed by atoms with E-state index in [1.807, 2.05) is 0 Å². The zero-order valence-electron chi connectivity index (χ0n) is 11.9. The first-order chi connectivity index (χ1) is 10.3. The van der Waals surface area contributed by atoms with E-state index in [0.29, 0.717) is 5.76 Å². The second kappa shape index (κ2) is 6.08. The minimum atomic E-state index is -4.43. The quantitative estimate of drug-likeness (QED) is 0.907. The van der Waals surface area contributed by atoms with Crippen LogP contribution in [0.4, 0.5) is 24.7 Å². The third kappa shape index (κ3) is 4.00. The second-order valence-corrected chi connectivity index (χ2v) is 4.76. The lowest BCUT2D eigenvalue weighted by Gasteiger charge is -2.15. The van der Waals surface area contributed by atoms with E-state index < -0.39 is 23.7 Å². The van der Waals surface area contributed by atoms with Crippen LogP contribution >= 0.6 is 0 Å². The lowest BCUT2D eigenvalue weighted by atomic mass is 10.2. The topological polar surface area (TPSA) is 67.2 Å². The number of carbonyl (C=O) groups is 1. The van der Waals surface area contributed by atoms with Gasteiger partial charge in [-0.2, -0.15) is 13.2 Å². The van der Waals surface area contributed by atoms with Gasteiger partial charge in [0.25, 0.3) is 0 Å². The molecule has 0 saturated heterocycles. The molecule has 8 heteroatoms. The van der Waals surface area contributed by atoms with E-state index >= 15 is 0 Å². The molecule has 2 rings (SSSR count). The molecule has 0 radical (unpaired) electrons. The number of hydrogen-bond acceptors (Lipinski definition) is 4. The van der Waals surface area contributed by atoms with Crippen molar-refractivity contribution in [1.29, 1.82) is 0 Å². The van der Waals surface area contributed by atoms with Crippen molar-refractivity contribution >= 4 is 17.4 Å². The fourth-order valence-corrected chi connectivity index (χ4v) is 1.76. The van der Waals surface area contributed by atoms with Crippen LogP contribution in [0, 0.1) is 6.92 Å². The molecule has 22 heavy (non-hydrogen) atoms. The molecule has 0 bridgehead atoms. The van der Waals surface area contributed by atoms with Gasteiger partial charge < -0.3 is 15.2 Å². The Morgan fingerprint density at radius 2 is 2.05 bits per heavy atom. The molecule has 2 aromatic rings. The van der Waals surface area contributed by atoms with Gasteiger partial charge in [0.15, 0.2) is 5.82 Å². The van der Waals surface area contributed by atoms with Crippen LogP contribution in [0.15, 0.2) is 34.9 Å². The van der Waals surface area contributed by atoms with Crippen LogP contribution in [0.25, 0.3) is 0 Å². The number of aryl methyl sites for hydroxylation is 1. The number of anilines is 2. The number of nitrogens with one attached hydrogen (secondary N) is 2. The van der Waals surface area contributed by atoms with Crippen LogP contribution in [-0.2, 0) is 11.0 Å². The van der Waals surface area contributed by atoms with Crippen molar-refractivity contribution in [3.8, 4) is 0 Å². The Morgan fingerprint density at radius 1 is 1.32 bits per heavy atom. The van der Waals surface area contributed by atoms with Gasteiger partial charge in [-0.1, -0.05) is 11.2 Å². The highest BCUT2D eigenvalue weighted by atomic mass is 19.4. The van der Waals surface area contributed by atoms with Crippen molar-refractivity contribution < 1.29 is 22.5 Å². The second-order valence-electron chi connectivity index (χ2n) is 4.76. The predicted molar refractivity (Wildman–Crippen MR) is 74.4 cm³/mol. The Morgan fingerprint density at radius 3 is 2.64 bits per heavy atom. The lowest BCUT2D eigenvalue weighted by Crippen LogP contribution is -2.32. The van der Waals surface area contributed by atoms with Crippen LogP contribution in [0.2, 0.25) is 0 Å². The van der Waals surface area contributed by atoms with Crippen molar-refractivity contribution in [1.82, 2.24) is 5.16 Å². The molecule has 1 aromatic heterocycles. The smallest absolute Gasteiger partial charge is 0.374 e. The maximum absolute atomic E-state index is 12.6. The number of halogens is 3. The molecule has 1 aromatic carbocycles. The van der Waals surface area contributed by atoms with Crippen molar-refractivity contribution in [2.24, 2.45) is 0 Å². The highest BCUT2D eigenvalue weighted by Crippen LogP contribution is 2.30. The summed E-state index contributed by atoms with van der Waals surface area (Å²) in [4.78, 5) is 11.9. The molecule has 0 aliphatic carbocycles. The summed E-state index contributed by atoms with van der Waals surface area (Å²) in [6.07, 6.45) is -4.43. The van der Waals surface area contributed by atoms with Gasteiger partial charge in [0.2, 0.25) is 5.91 Å². The van der Waals surface area contributed by atoms with Gasteiger partial charge in [-0.3, -0.25) is 4.79 Å². The molecule has 118 valence electrons. The normalized spacial score (nSPS) is 12.8. The van der Waals surface area contributed by atoms with Crippen molar-refractivity contribution in [2.75, 3.05) is 10.6 Å². The first-order valence-electron chi connectivity index (χ1n) is 6.43. The average Bonchev–Trinajstić information content (AvgIpc) is 2.83. The maximum Gasteiger partial charge on any atom is 0.416 e. The third-order valence-electron chi connectivity index (χ3n) is 2.85. The van der Waals surface area contributed by atoms with Gasteiger partial charge in [-0.15, -0.1) is 0 Å².